The number of amides is 1. The van der Waals surface area contributed by atoms with Gasteiger partial charge in [0.2, 0.25) is 0 Å². The van der Waals surface area contributed by atoms with Crippen LogP contribution >= 0.6 is 0 Å². The molecule has 0 atom stereocenters. The number of nitrogens with two attached hydrogens (primary N) is 1. The van der Waals surface area contributed by atoms with Gasteiger partial charge in [-0.05, 0) is 25.1 Å². The summed E-state index contributed by atoms with van der Waals surface area (Å²) in [7, 11) is 0. The van der Waals surface area contributed by atoms with Crippen molar-refractivity contribution >= 4 is 17.5 Å². The number of benzene rings is 1. The van der Waals surface area contributed by atoms with Gasteiger partial charge in [-0.2, -0.15) is 5.26 Å². The normalized spacial score (nSPS) is 14.8. The molecule has 0 spiro atoms. The number of anilines is 2. The summed E-state index contributed by atoms with van der Waals surface area (Å²) in [5, 5.41) is 9.00. The molecule has 0 bridgehead atoms. The Morgan fingerprint density at radius 3 is 2.70 bits per heavy atom. The van der Waals surface area contributed by atoms with Crippen LogP contribution in [0.1, 0.15) is 12.5 Å². The van der Waals surface area contributed by atoms with E-state index in [0.717, 1.165) is 5.69 Å². The first-order valence-corrected chi connectivity index (χ1v) is 6.62. The van der Waals surface area contributed by atoms with Crippen LogP contribution in [-0.2, 0) is 4.74 Å². The van der Waals surface area contributed by atoms with E-state index in [9.17, 15) is 4.79 Å². The number of hydrogen-bond donors (Lipinski definition) is 1. The van der Waals surface area contributed by atoms with Gasteiger partial charge in [-0.15, -0.1) is 0 Å². The molecule has 1 fully saturated rings. The molecule has 1 aromatic rings. The van der Waals surface area contributed by atoms with Crippen molar-refractivity contribution in [1.29, 1.82) is 5.26 Å². The SMILES string of the molecule is CCOC(=O)N1CCN(c2ccc(N)c(C#N)c2)CC1. The van der Waals surface area contributed by atoms with Crippen LogP contribution in [-0.4, -0.2) is 43.8 Å². The second kappa shape index (κ2) is 6.15. The molecule has 6 nitrogen and oxygen atoms in total. The summed E-state index contributed by atoms with van der Waals surface area (Å²) in [6.07, 6.45) is -0.262. The Kier molecular flexibility index (Phi) is 4.31. The number of nitrogens with zero attached hydrogens (tertiary/aromatic N) is 3. The summed E-state index contributed by atoms with van der Waals surface area (Å²) in [5.74, 6) is 0. The second-order valence-electron chi connectivity index (χ2n) is 4.56. The molecule has 2 rings (SSSR count). The summed E-state index contributed by atoms with van der Waals surface area (Å²) in [6, 6.07) is 7.51. The van der Waals surface area contributed by atoms with E-state index in [-0.39, 0.29) is 6.09 Å². The van der Waals surface area contributed by atoms with E-state index in [1.165, 1.54) is 0 Å². The van der Waals surface area contributed by atoms with Gasteiger partial charge in [-0.1, -0.05) is 0 Å². The zero-order chi connectivity index (χ0) is 14.5. The quantitative estimate of drug-likeness (QED) is 0.825. The molecular formula is C14H18N4O2. The summed E-state index contributed by atoms with van der Waals surface area (Å²) < 4.78 is 4.98. The molecule has 1 aliphatic rings. The van der Waals surface area contributed by atoms with Crippen molar-refractivity contribution < 1.29 is 9.53 Å². The predicted molar refractivity (Wildman–Crippen MR) is 76.4 cm³/mol. The van der Waals surface area contributed by atoms with Crippen molar-refractivity contribution in [2.45, 2.75) is 6.92 Å². The van der Waals surface area contributed by atoms with E-state index >= 15 is 0 Å². The van der Waals surface area contributed by atoms with Crippen molar-refractivity contribution in [2.24, 2.45) is 0 Å². The fourth-order valence-corrected chi connectivity index (χ4v) is 2.20. The maximum atomic E-state index is 11.6. The Hall–Kier alpha value is -2.42. The first-order chi connectivity index (χ1) is 9.65. The summed E-state index contributed by atoms with van der Waals surface area (Å²) >= 11 is 0. The number of ether oxygens (including phenoxy) is 1. The maximum Gasteiger partial charge on any atom is 0.409 e. The van der Waals surface area contributed by atoms with Crippen molar-refractivity contribution in [3.8, 4) is 6.07 Å². The van der Waals surface area contributed by atoms with Crippen LogP contribution in [0.5, 0.6) is 0 Å². The highest BCUT2D eigenvalue weighted by atomic mass is 16.6. The summed E-state index contributed by atoms with van der Waals surface area (Å²) in [5.41, 5.74) is 7.64. The van der Waals surface area contributed by atoms with Crippen LogP contribution in [0.2, 0.25) is 0 Å². The molecule has 0 aliphatic carbocycles. The van der Waals surface area contributed by atoms with E-state index in [1.54, 1.807) is 24.0 Å². The third-order valence-electron chi connectivity index (χ3n) is 3.33. The molecule has 0 radical (unpaired) electrons. The molecule has 1 aliphatic heterocycles. The molecule has 6 heteroatoms. The van der Waals surface area contributed by atoms with Crippen molar-refractivity contribution in [3.63, 3.8) is 0 Å². The lowest BCUT2D eigenvalue weighted by molar-refractivity contribution is 0.105. The minimum Gasteiger partial charge on any atom is -0.450 e. The average molecular weight is 274 g/mol. The number of piperazine rings is 1. The minimum absolute atomic E-state index is 0.262. The third-order valence-corrected chi connectivity index (χ3v) is 3.33. The molecule has 1 amide bonds. The number of nitrogen functional groups attached to an aromatic ring is 1. The largest absolute Gasteiger partial charge is 0.450 e. The molecule has 1 heterocycles. The number of nitriles is 1. The van der Waals surface area contributed by atoms with Crippen LogP contribution in [0, 0.1) is 11.3 Å². The Morgan fingerprint density at radius 1 is 1.40 bits per heavy atom. The smallest absolute Gasteiger partial charge is 0.409 e. The monoisotopic (exact) mass is 274 g/mol. The van der Waals surface area contributed by atoms with E-state index in [4.69, 9.17) is 15.7 Å². The van der Waals surface area contributed by atoms with Crippen molar-refractivity contribution in [3.05, 3.63) is 23.8 Å². The number of rotatable bonds is 2. The van der Waals surface area contributed by atoms with Crippen LogP contribution in [0.15, 0.2) is 18.2 Å². The Bertz CT molecular complexity index is 530. The Labute approximate surface area is 118 Å². The van der Waals surface area contributed by atoms with Crippen LogP contribution in [0.3, 0.4) is 0 Å². The molecular weight excluding hydrogens is 256 g/mol. The molecule has 20 heavy (non-hydrogen) atoms. The van der Waals surface area contributed by atoms with Crippen molar-refractivity contribution in [2.75, 3.05) is 43.4 Å². The zero-order valence-electron chi connectivity index (χ0n) is 11.5. The van der Waals surface area contributed by atoms with E-state index in [0.29, 0.717) is 44.0 Å². The first-order valence-electron chi connectivity index (χ1n) is 6.62. The van der Waals surface area contributed by atoms with Gasteiger partial charge in [0.05, 0.1) is 12.2 Å². The number of carbonyl (C=O) groups excluding carboxylic acids is 1. The van der Waals surface area contributed by atoms with Gasteiger partial charge in [-0.3, -0.25) is 0 Å². The lowest BCUT2D eigenvalue weighted by Gasteiger charge is -2.35. The predicted octanol–water partition coefficient (Wildman–Crippen LogP) is 1.42. The average Bonchev–Trinajstić information content (AvgIpc) is 2.48. The fourth-order valence-electron chi connectivity index (χ4n) is 2.20. The van der Waals surface area contributed by atoms with Gasteiger partial charge < -0.3 is 20.3 Å². The first kappa shape index (κ1) is 14.0. The topological polar surface area (TPSA) is 82.6 Å². The van der Waals surface area contributed by atoms with Gasteiger partial charge in [-0.25, -0.2) is 4.79 Å². The molecule has 1 aromatic carbocycles. The highest BCUT2D eigenvalue weighted by molar-refractivity contribution is 5.68. The van der Waals surface area contributed by atoms with Gasteiger partial charge in [0.15, 0.2) is 0 Å². The highest BCUT2D eigenvalue weighted by Gasteiger charge is 2.22. The van der Waals surface area contributed by atoms with E-state index < -0.39 is 0 Å². The molecule has 0 saturated carbocycles. The second-order valence-corrected chi connectivity index (χ2v) is 4.56. The van der Waals surface area contributed by atoms with Gasteiger partial charge in [0.25, 0.3) is 0 Å². The van der Waals surface area contributed by atoms with Crippen LogP contribution < -0.4 is 10.6 Å². The summed E-state index contributed by atoms with van der Waals surface area (Å²) in [4.78, 5) is 15.4. The molecule has 2 N–H and O–H groups in total. The molecule has 0 unspecified atom stereocenters. The highest BCUT2D eigenvalue weighted by Crippen LogP contribution is 2.22. The van der Waals surface area contributed by atoms with Gasteiger partial charge in [0.1, 0.15) is 6.07 Å². The molecule has 1 saturated heterocycles. The standard InChI is InChI=1S/C14H18N4O2/c1-2-20-14(19)18-7-5-17(6-8-18)12-3-4-13(16)11(9-12)10-15/h3-4,9H,2,5-8,16H2,1H3. The number of hydrogen-bond acceptors (Lipinski definition) is 5. The fraction of sp³-hybridized carbons (Fsp3) is 0.429. The van der Waals surface area contributed by atoms with Gasteiger partial charge >= 0.3 is 6.09 Å². The van der Waals surface area contributed by atoms with E-state index in [1.807, 2.05) is 6.07 Å². The van der Waals surface area contributed by atoms with Gasteiger partial charge in [0, 0.05) is 37.6 Å². The van der Waals surface area contributed by atoms with Crippen LogP contribution in [0.4, 0.5) is 16.2 Å². The zero-order valence-corrected chi connectivity index (χ0v) is 11.5. The van der Waals surface area contributed by atoms with Crippen LogP contribution in [0.25, 0.3) is 0 Å². The third kappa shape index (κ3) is 2.94. The molecule has 106 valence electrons. The number of carbonyl (C=O) groups is 1. The van der Waals surface area contributed by atoms with E-state index in [2.05, 4.69) is 11.0 Å². The Morgan fingerprint density at radius 2 is 2.10 bits per heavy atom. The molecule has 0 aromatic heterocycles. The Balaban J connectivity index is 2.01. The summed E-state index contributed by atoms with van der Waals surface area (Å²) in [6.45, 7) is 4.85. The van der Waals surface area contributed by atoms with Crippen molar-refractivity contribution in [1.82, 2.24) is 4.90 Å². The maximum absolute atomic E-state index is 11.6. The lowest BCUT2D eigenvalue weighted by atomic mass is 10.1. The lowest BCUT2D eigenvalue weighted by Crippen LogP contribution is -2.49. The minimum atomic E-state index is -0.262.